The molecule has 0 radical (unpaired) electrons. The molecule has 0 aliphatic carbocycles. The molecule has 2 aromatic rings. The molecule has 2 aliphatic rings. The highest BCUT2D eigenvalue weighted by Gasteiger charge is 2.22. The Hall–Kier alpha value is -3.76. The molecule has 4 heteroatoms. The summed E-state index contributed by atoms with van der Waals surface area (Å²) in [6.07, 6.45) is 9.90. The smallest absolute Gasteiger partial charge is 0.265 e. The predicted octanol–water partition coefficient (Wildman–Crippen LogP) is 6.43. The molecule has 1 unspecified atom stereocenters. The number of ether oxygens (including phenoxy) is 1. The number of allylic oxidation sites excluding steroid dienone is 3. The fraction of sp³-hybridized carbons (Fsp3) is 0.259. The molecule has 0 aromatic heterocycles. The highest BCUT2D eigenvalue weighted by molar-refractivity contribution is 5.58. The molecule has 0 spiro atoms. The summed E-state index contributed by atoms with van der Waals surface area (Å²) in [5.74, 6) is 0.659. The van der Waals surface area contributed by atoms with Crippen LogP contribution in [-0.4, -0.2) is 13.1 Å². The predicted molar refractivity (Wildman–Crippen MR) is 124 cm³/mol. The number of benzene rings is 2. The van der Waals surface area contributed by atoms with Crippen molar-refractivity contribution < 1.29 is 4.74 Å². The molecule has 0 saturated carbocycles. The van der Waals surface area contributed by atoms with Crippen LogP contribution in [0.2, 0.25) is 0 Å². The second-order valence-electron chi connectivity index (χ2n) is 7.84. The van der Waals surface area contributed by atoms with Gasteiger partial charge in [0.2, 0.25) is 0 Å². The summed E-state index contributed by atoms with van der Waals surface area (Å²) in [6.45, 7) is 9.59. The molecular formula is C27H25N3O. The van der Waals surface area contributed by atoms with Gasteiger partial charge in [-0.3, -0.25) is 0 Å². The fourth-order valence-corrected chi connectivity index (χ4v) is 4.07. The van der Waals surface area contributed by atoms with E-state index in [0.717, 1.165) is 29.8 Å². The Morgan fingerprint density at radius 3 is 2.45 bits per heavy atom. The summed E-state index contributed by atoms with van der Waals surface area (Å²) in [6, 6.07) is 20.5. The Kier molecular flexibility index (Phi) is 6.50. The second-order valence-corrected chi connectivity index (χ2v) is 7.84. The van der Waals surface area contributed by atoms with E-state index in [1.807, 2.05) is 54.6 Å². The summed E-state index contributed by atoms with van der Waals surface area (Å²) in [4.78, 5) is 5.85. The summed E-state index contributed by atoms with van der Waals surface area (Å²) in [7, 11) is 0. The maximum atomic E-state index is 9.35. The third kappa shape index (κ3) is 5.05. The molecule has 154 valence electrons. The number of hydrogen-bond donors (Lipinski definition) is 0. The van der Waals surface area contributed by atoms with Crippen LogP contribution in [0.3, 0.4) is 0 Å². The van der Waals surface area contributed by atoms with Crippen molar-refractivity contribution in [1.29, 1.82) is 5.26 Å². The van der Waals surface area contributed by atoms with Gasteiger partial charge in [0.25, 0.3) is 5.70 Å². The first-order chi connectivity index (χ1) is 15.3. The van der Waals surface area contributed by atoms with E-state index >= 15 is 0 Å². The van der Waals surface area contributed by atoms with E-state index in [2.05, 4.69) is 34.0 Å². The van der Waals surface area contributed by atoms with E-state index in [4.69, 9.17) is 11.3 Å². The van der Waals surface area contributed by atoms with Gasteiger partial charge in [0, 0.05) is 25.2 Å². The van der Waals surface area contributed by atoms with Crippen molar-refractivity contribution in [2.75, 3.05) is 18.0 Å². The van der Waals surface area contributed by atoms with Gasteiger partial charge in [-0.1, -0.05) is 48.5 Å². The van der Waals surface area contributed by atoms with Gasteiger partial charge >= 0.3 is 0 Å². The normalized spacial score (nSPS) is 20.4. The highest BCUT2D eigenvalue weighted by atomic mass is 16.5. The quantitative estimate of drug-likeness (QED) is 0.433. The Morgan fingerprint density at radius 1 is 1.03 bits per heavy atom. The summed E-state index contributed by atoms with van der Waals surface area (Å²) < 4.78 is 6.20. The molecule has 2 aliphatic heterocycles. The molecule has 1 atom stereocenters. The molecule has 2 aromatic carbocycles. The van der Waals surface area contributed by atoms with Gasteiger partial charge in [0.1, 0.15) is 11.9 Å². The monoisotopic (exact) mass is 407 g/mol. The average molecular weight is 408 g/mol. The summed E-state index contributed by atoms with van der Waals surface area (Å²) >= 11 is 0. The lowest BCUT2D eigenvalue weighted by molar-refractivity contribution is 0.118. The number of rotatable bonds is 4. The lowest BCUT2D eigenvalue weighted by Gasteiger charge is -2.28. The zero-order chi connectivity index (χ0) is 21.5. The van der Waals surface area contributed by atoms with E-state index in [9.17, 15) is 5.26 Å². The van der Waals surface area contributed by atoms with Crippen LogP contribution in [0.25, 0.3) is 10.9 Å². The first kappa shape index (κ1) is 20.5. The van der Waals surface area contributed by atoms with E-state index in [1.54, 1.807) is 0 Å². The minimum absolute atomic E-state index is 0.126. The third-order valence-corrected chi connectivity index (χ3v) is 5.75. The number of hydrogen-bond acceptors (Lipinski definition) is 3. The van der Waals surface area contributed by atoms with Gasteiger partial charge in [-0.05, 0) is 60.2 Å². The first-order valence-corrected chi connectivity index (χ1v) is 10.7. The largest absolute Gasteiger partial charge is 0.485 e. The maximum Gasteiger partial charge on any atom is 0.265 e. The van der Waals surface area contributed by atoms with Crippen molar-refractivity contribution in [1.82, 2.24) is 0 Å². The van der Waals surface area contributed by atoms with Crippen LogP contribution in [0, 0.1) is 17.9 Å². The van der Waals surface area contributed by atoms with Gasteiger partial charge in [0.15, 0.2) is 0 Å². The summed E-state index contributed by atoms with van der Waals surface area (Å²) in [5, 5.41) is 9.35. The maximum absolute atomic E-state index is 9.35. The molecule has 0 N–H and O–H groups in total. The molecule has 4 rings (SSSR count). The van der Waals surface area contributed by atoms with Crippen LogP contribution < -0.4 is 4.90 Å². The van der Waals surface area contributed by atoms with Crippen molar-refractivity contribution in [3.63, 3.8) is 0 Å². The molecule has 1 fully saturated rings. The topological polar surface area (TPSA) is 40.6 Å². The lowest BCUT2D eigenvalue weighted by atomic mass is 9.97. The van der Waals surface area contributed by atoms with E-state index < -0.39 is 0 Å². The Morgan fingerprint density at radius 2 is 1.77 bits per heavy atom. The Balaban J connectivity index is 1.55. The minimum Gasteiger partial charge on any atom is -0.485 e. The Labute approximate surface area is 184 Å². The molecular weight excluding hydrogens is 382 g/mol. The Bertz CT molecular complexity index is 1060. The average Bonchev–Trinajstić information content (AvgIpc) is 2.85. The first-order valence-electron chi connectivity index (χ1n) is 10.7. The molecule has 4 nitrogen and oxygen atoms in total. The van der Waals surface area contributed by atoms with Crippen LogP contribution >= 0.6 is 0 Å². The van der Waals surface area contributed by atoms with Crippen molar-refractivity contribution in [2.24, 2.45) is 0 Å². The van der Waals surface area contributed by atoms with Crippen LogP contribution in [0.1, 0.15) is 42.9 Å². The number of nitriles is 1. The molecule has 0 bridgehead atoms. The van der Waals surface area contributed by atoms with Gasteiger partial charge in [-0.25, -0.2) is 10.1 Å². The SMILES string of the molecule is [C-]#[N+]C(C#N)=C1C=C(C=Cc2ccc(N3CCCCC3)cc2)OC(c2ccccc2)C1. The molecule has 1 saturated heterocycles. The van der Waals surface area contributed by atoms with Crippen molar-refractivity contribution in [3.05, 3.63) is 106 Å². The van der Waals surface area contributed by atoms with Gasteiger partial charge in [-0.2, -0.15) is 0 Å². The molecule has 2 heterocycles. The fourth-order valence-electron chi connectivity index (χ4n) is 4.07. The van der Waals surface area contributed by atoms with Crippen LogP contribution in [0.5, 0.6) is 0 Å². The zero-order valence-corrected chi connectivity index (χ0v) is 17.5. The lowest BCUT2D eigenvalue weighted by Crippen LogP contribution is -2.29. The number of piperidine rings is 1. The molecule has 0 amide bonds. The van der Waals surface area contributed by atoms with Crippen LogP contribution in [0.15, 0.2) is 83.8 Å². The van der Waals surface area contributed by atoms with E-state index in [1.165, 1.54) is 24.9 Å². The molecule has 31 heavy (non-hydrogen) atoms. The van der Waals surface area contributed by atoms with Crippen molar-refractivity contribution in [3.8, 4) is 6.07 Å². The van der Waals surface area contributed by atoms with Crippen molar-refractivity contribution >= 4 is 11.8 Å². The van der Waals surface area contributed by atoms with E-state index in [0.29, 0.717) is 12.2 Å². The van der Waals surface area contributed by atoms with Gasteiger partial charge < -0.3 is 9.64 Å². The highest BCUT2D eigenvalue weighted by Crippen LogP contribution is 2.35. The second kappa shape index (κ2) is 9.83. The number of anilines is 1. The zero-order valence-electron chi connectivity index (χ0n) is 17.5. The standard InChI is InChI=1S/C27H25N3O/c1-29-26(20-28)23-18-25(31-27(19-23)22-8-4-2-5-9-22)15-12-21-10-13-24(14-11-21)30-16-6-3-7-17-30/h2,4-5,8-15,18,27H,3,6-7,16-17,19H2. The van der Waals surface area contributed by atoms with Gasteiger partial charge in [0.05, 0.1) is 12.6 Å². The van der Waals surface area contributed by atoms with Gasteiger partial charge in [-0.15, -0.1) is 0 Å². The van der Waals surface area contributed by atoms with Crippen LogP contribution in [-0.2, 0) is 4.74 Å². The van der Waals surface area contributed by atoms with E-state index in [-0.39, 0.29) is 11.8 Å². The minimum atomic E-state index is -0.215. The van der Waals surface area contributed by atoms with Crippen LogP contribution in [0.4, 0.5) is 5.69 Å². The summed E-state index contributed by atoms with van der Waals surface area (Å²) in [5.41, 5.74) is 4.24. The number of nitrogens with zero attached hydrogens (tertiary/aromatic N) is 3. The third-order valence-electron chi connectivity index (χ3n) is 5.75. The van der Waals surface area contributed by atoms with Crippen molar-refractivity contribution in [2.45, 2.75) is 31.8 Å².